The average molecular weight is 233 g/mol. The number of nitrogens with zero attached hydrogens (tertiary/aromatic N) is 1. The van der Waals surface area contributed by atoms with Crippen molar-refractivity contribution in [2.24, 2.45) is 0 Å². The molecule has 3 heteroatoms. The number of benzene rings is 1. The van der Waals surface area contributed by atoms with Crippen molar-refractivity contribution in [1.29, 1.82) is 0 Å². The predicted octanol–water partition coefficient (Wildman–Crippen LogP) is 2.32. The summed E-state index contributed by atoms with van der Waals surface area (Å²) in [7, 11) is 1.67. The van der Waals surface area contributed by atoms with Gasteiger partial charge in [-0.2, -0.15) is 0 Å². The molecule has 1 saturated heterocycles. The van der Waals surface area contributed by atoms with Gasteiger partial charge in [0, 0.05) is 18.7 Å². The van der Waals surface area contributed by atoms with E-state index in [9.17, 15) is 4.79 Å². The van der Waals surface area contributed by atoms with Gasteiger partial charge in [0.1, 0.15) is 5.75 Å². The van der Waals surface area contributed by atoms with Gasteiger partial charge in [0.15, 0.2) is 5.78 Å². The van der Waals surface area contributed by atoms with Crippen LogP contribution in [0.3, 0.4) is 0 Å². The number of ketones is 1. The highest BCUT2D eigenvalue weighted by molar-refractivity contribution is 5.98. The van der Waals surface area contributed by atoms with E-state index in [1.807, 2.05) is 18.2 Å². The highest BCUT2D eigenvalue weighted by Gasteiger charge is 2.21. The second-order valence-corrected chi connectivity index (χ2v) is 4.81. The Morgan fingerprint density at radius 2 is 2.12 bits per heavy atom. The van der Waals surface area contributed by atoms with Gasteiger partial charge >= 0.3 is 0 Å². The predicted molar refractivity (Wildman–Crippen MR) is 67.9 cm³/mol. The van der Waals surface area contributed by atoms with Gasteiger partial charge in [-0.3, -0.25) is 9.69 Å². The summed E-state index contributed by atoms with van der Waals surface area (Å²) in [5, 5.41) is 0. The van der Waals surface area contributed by atoms with Crippen molar-refractivity contribution >= 4 is 5.78 Å². The van der Waals surface area contributed by atoms with E-state index in [0.717, 1.165) is 30.0 Å². The minimum atomic E-state index is 0.201. The molecule has 0 saturated carbocycles. The molecule has 0 N–H and O–H groups in total. The molecule has 1 aliphatic heterocycles. The van der Waals surface area contributed by atoms with Crippen molar-refractivity contribution < 1.29 is 9.53 Å². The van der Waals surface area contributed by atoms with E-state index >= 15 is 0 Å². The molecule has 1 aliphatic rings. The van der Waals surface area contributed by atoms with Crippen molar-refractivity contribution in [3.8, 4) is 5.75 Å². The van der Waals surface area contributed by atoms with Gasteiger partial charge in [-0.1, -0.05) is 13.8 Å². The molecular weight excluding hydrogens is 214 g/mol. The fraction of sp³-hybridized carbons (Fsp3) is 0.500. The van der Waals surface area contributed by atoms with Crippen LogP contribution in [0.25, 0.3) is 0 Å². The molecule has 3 nitrogen and oxygen atoms in total. The minimum Gasteiger partial charge on any atom is -0.496 e. The molecular formula is C14H19NO2. The Bertz CT molecular complexity index is 422. The van der Waals surface area contributed by atoms with E-state index in [-0.39, 0.29) is 5.78 Å². The van der Waals surface area contributed by atoms with Gasteiger partial charge in [0.2, 0.25) is 0 Å². The Morgan fingerprint density at radius 1 is 1.41 bits per heavy atom. The van der Waals surface area contributed by atoms with E-state index in [2.05, 4.69) is 18.7 Å². The summed E-state index contributed by atoms with van der Waals surface area (Å²) in [4.78, 5) is 14.1. The monoisotopic (exact) mass is 233 g/mol. The molecule has 0 amide bonds. The van der Waals surface area contributed by atoms with E-state index in [4.69, 9.17) is 4.74 Å². The Labute approximate surface area is 102 Å². The maximum absolute atomic E-state index is 12.0. The number of ether oxygens (including phenoxy) is 1. The van der Waals surface area contributed by atoms with Gasteiger partial charge < -0.3 is 4.74 Å². The van der Waals surface area contributed by atoms with E-state index in [1.54, 1.807) is 7.11 Å². The zero-order chi connectivity index (χ0) is 12.4. The van der Waals surface area contributed by atoms with Crippen LogP contribution in [0.4, 0.5) is 0 Å². The van der Waals surface area contributed by atoms with Crippen molar-refractivity contribution in [2.75, 3.05) is 26.7 Å². The molecule has 1 aromatic carbocycles. The molecule has 0 aliphatic carbocycles. The first kappa shape index (κ1) is 12.1. The molecule has 1 fully saturated rings. The Morgan fingerprint density at radius 3 is 2.65 bits per heavy atom. The van der Waals surface area contributed by atoms with Gasteiger partial charge in [0.05, 0.1) is 13.7 Å². The third-order valence-electron chi connectivity index (χ3n) is 3.08. The summed E-state index contributed by atoms with van der Waals surface area (Å²) in [6.45, 7) is 6.87. The van der Waals surface area contributed by atoms with Crippen LogP contribution in [-0.2, 0) is 0 Å². The van der Waals surface area contributed by atoms with Crippen LogP contribution in [0.15, 0.2) is 18.2 Å². The second kappa shape index (κ2) is 4.88. The molecule has 1 heterocycles. The highest BCUT2D eigenvalue weighted by Crippen LogP contribution is 2.27. The summed E-state index contributed by atoms with van der Waals surface area (Å²) in [5.74, 6) is 1.43. The van der Waals surface area contributed by atoms with E-state index in [0.29, 0.717) is 12.5 Å². The first-order chi connectivity index (χ1) is 8.11. The summed E-state index contributed by atoms with van der Waals surface area (Å²) < 4.78 is 5.31. The van der Waals surface area contributed by atoms with Crippen LogP contribution >= 0.6 is 0 Å². The Kier molecular flexibility index (Phi) is 3.48. The molecule has 0 bridgehead atoms. The fourth-order valence-corrected chi connectivity index (χ4v) is 1.88. The second-order valence-electron chi connectivity index (χ2n) is 4.81. The van der Waals surface area contributed by atoms with Crippen molar-refractivity contribution in [2.45, 2.75) is 19.8 Å². The smallest absolute Gasteiger partial charge is 0.176 e. The number of Topliss-reactive ketones (excluding diaryl/α,β-unsaturated/α-hetero) is 1. The molecule has 0 atom stereocenters. The number of hydrogen-bond acceptors (Lipinski definition) is 3. The van der Waals surface area contributed by atoms with E-state index < -0.39 is 0 Å². The third-order valence-corrected chi connectivity index (χ3v) is 3.08. The lowest BCUT2D eigenvalue weighted by Gasteiger charge is -2.13. The number of rotatable bonds is 5. The SMILES string of the molecule is COc1ccc(C(=O)CN2CC2)cc1C(C)C. The summed E-state index contributed by atoms with van der Waals surface area (Å²) >= 11 is 0. The fourth-order valence-electron chi connectivity index (χ4n) is 1.88. The summed E-state index contributed by atoms with van der Waals surface area (Å²) in [6.07, 6.45) is 0. The van der Waals surface area contributed by atoms with Crippen LogP contribution < -0.4 is 4.74 Å². The lowest BCUT2D eigenvalue weighted by molar-refractivity contribution is 0.0974. The highest BCUT2D eigenvalue weighted by atomic mass is 16.5. The standard InChI is InChI=1S/C14H19NO2/c1-10(2)12-8-11(4-5-14(12)17-3)13(16)9-15-6-7-15/h4-5,8,10H,6-7,9H2,1-3H3. The largest absolute Gasteiger partial charge is 0.496 e. The van der Waals surface area contributed by atoms with Crippen LogP contribution in [0.2, 0.25) is 0 Å². The Hall–Kier alpha value is -1.35. The normalized spacial score (nSPS) is 15.1. The summed E-state index contributed by atoms with van der Waals surface area (Å²) in [6, 6.07) is 5.72. The molecule has 0 unspecified atom stereocenters. The summed E-state index contributed by atoms with van der Waals surface area (Å²) in [5.41, 5.74) is 1.89. The van der Waals surface area contributed by atoms with Gasteiger partial charge in [0.25, 0.3) is 0 Å². The van der Waals surface area contributed by atoms with Crippen LogP contribution in [-0.4, -0.2) is 37.4 Å². The van der Waals surface area contributed by atoms with Crippen LogP contribution in [0.1, 0.15) is 35.7 Å². The third kappa shape index (κ3) is 2.86. The molecule has 0 aromatic heterocycles. The minimum absolute atomic E-state index is 0.201. The molecule has 2 rings (SSSR count). The lowest BCUT2D eigenvalue weighted by atomic mass is 9.98. The van der Waals surface area contributed by atoms with E-state index in [1.165, 1.54) is 0 Å². The molecule has 17 heavy (non-hydrogen) atoms. The quantitative estimate of drug-likeness (QED) is 0.577. The van der Waals surface area contributed by atoms with Gasteiger partial charge in [-0.15, -0.1) is 0 Å². The maximum Gasteiger partial charge on any atom is 0.176 e. The first-order valence-corrected chi connectivity index (χ1v) is 6.05. The number of carbonyl (C=O) groups excluding carboxylic acids is 1. The Balaban J connectivity index is 2.22. The van der Waals surface area contributed by atoms with Gasteiger partial charge in [-0.05, 0) is 29.7 Å². The first-order valence-electron chi connectivity index (χ1n) is 6.05. The molecule has 0 spiro atoms. The maximum atomic E-state index is 12.0. The topological polar surface area (TPSA) is 29.3 Å². The average Bonchev–Trinajstić information content (AvgIpc) is 3.11. The van der Waals surface area contributed by atoms with Crippen molar-refractivity contribution in [3.05, 3.63) is 29.3 Å². The number of hydrogen-bond donors (Lipinski definition) is 0. The van der Waals surface area contributed by atoms with Crippen LogP contribution in [0.5, 0.6) is 5.75 Å². The van der Waals surface area contributed by atoms with Gasteiger partial charge in [-0.25, -0.2) is 0 Å². The van der Waals surface area contributed by atoms with Crippen LogP contribution in [0, 0.1) is 0 Å². The van der Waals surface area contributed by atoms with Crippen molar-refractivity contribution in [3.63, 3.8) is 0 Å². The number of methoxy groups -OCH3 is 1. The van der Waals surface area contributed by atoms with Crippen molar-refractivity contribution in [1.82, 2.24) is 4.90 Å². The molecule has 1 aromatic rings. The zero-order valence-electron chi connectivity index (χ0n) is 10.7. The molecule has 0 radical (unpaired) electrons. The molecule has 92 valence electrons. The zero-order valence-corrected chi connectivity index (χ0v) is 10.7. The lowest BCUT2D eigenvalue weighted by Crippen LogP contribution is -2.13. The number of carbonyl (C=O) groups is 1.